The molecule has 17 heavy (non-hydrogen) atoms. The highest BCUT2D eigenvalue weighted by atomic mass is 35.5. The first-order chi connectivity index (χ1) is 8.18. The predicted molar refractivity (Wildman–Crippen MR) is 63.8 cm³/mol. The molecule has 6 nitrogen and oxygen atoms in total. The molecule has 1 aromatic heterocycles. The summed E-state index contributed by atoms with van der Waals surface area (Å²) in [6, 6.07) is 7.37. The van der Waals surface area contributed by atoms with E-state index < -0.39 is 0 Å². The minimum Gasteiger partial charge on any atom is -0.379 e. The average Bonchev–Trinajstić information content (AvgIpc) is 2.74. The van der Waals surface area contributed by atoms with Gasteiger partial charge >= 0.3 is 0 Å². The van der Waals surface area contributed by atoms with Gasteiger partial charge in [0.05, 0.1) is 0 Å². The van der Waals surface area contributed by atoms with Crippen molar-refractivity contribution >= 4 is 23.3 Å². The molecule has 88 valence electrons. The molecule has 0 bridgehead atoms. The van der Waals surface area contributed by atoms with Crippen LogP contribution in [0.1, 0.15) is 11.3 Å². The number of amidine groups is 1. The first-order valence-electron chi connectivity index (χ1n) is 4.82. The molecule has 4 N–H and O–H groups in total. The van der Waals surface area contributed by atoms with Gasteiger partial charge in [-0.1, -0.05) is 29.8 Å². The molecule has 2 aromatic rings. The normalized spacial score (nSPS) is 10.2. The van der Waals surface area contributed by atoms with E-state index in [2.05, 4.69) is 20.3 Å². The number of hydrogen-bond acceptors (Lipinski definition) is 5. The summed E-state index contributed by atoms with van der Waals surface area (Å²) in [6.07, 6.45) is 0. The van der Waals surface area contributed by atoms with Crippen molar-refractivity contribution in [3.63, 3.8) is 0 Å². The maximum atomic E-state index is 7.71. The summed E-state index contributed by atoms with van der Waals surface area (Å²) in [5.41, 5.74) is 6.54. The number of nitrogens with zero attached hydrogens (tertiary/aromatic N) is 2. The van der Waals surface area contributed by atoms with Gasteiger partial charge in [-0.2, -0.15) is 0 Å². The zero-order valence-corrected chi connectivity index (χ0v) is 9.53. The number of anilines is 1. The van der Waals surface area contributed by atoms with Crippen LogP contribution in [0.5, 0.6) is 0 Å². The second kappa shape index (κ2) is 4.84. The van der Waals surface area contributed by atoms with E-state index in [1.165, 1.54) is 0 Å². The van der Waals surface area contributed by atoms with Crippen LogP contribution in [0.15, 0.2) is 28.9 Å². The highest BCUT2D eigenvalue weighted by Gasteiger charge is 2.12. The molecule has 2 rings (SSSR count). The van der Waals surface area contributed by atoms with Gasteiger partial charge in [-0.15, -0.1) is 0 Å². The average molecular weight is 252 g/mol. The van der Waals surface area contributed by atoms with Gasteiger partial charge in [-0.3, -0.25) is 5.41 Å². The lowest BCUT2D eigenvalue weighted by Crippen LogP contribution is -2.24. The molecule has 0 atom stereocenters. The summed E-state index contributed by atoms with van der Waals surface area (Å²) in [5, 5.41) is 18.1. The molecule has 0 aliphatic carbocycles. The fourth-order valence-corrected chi connectivity index (χ4v) is 1.48. The van der Waals surface area contributed by atoms with E-state index in [1.807, 2.05) is 18.2 Å². The zero-order valence-electron chi connectivity index (χ0n) is 8.77. The van der Waals surface area contributed by atoms with Gasteiger partial charge in [0.15, 0.2) is 17.3 Å². The molecule has 0 fully saturated rings. The lowest BCUT2D eigenvalue weighted by molar-refractivity contribution is 0.308. The molecule has 1 aromatic carbocycles. The Bertz CT molecular complexity index is 539. The van der Waals surface area contributed by atoms with Crippen LogP contribution < -0.4 is 11.1 Å². The van der Waals surface area contributed by atoms with E-state index in [0.29, 0.717) is 11.6 Å². The predicted octanol–water partition coefficient (Wildman–Crippen LogP) is 1.42. The van der Waals surface area contributed by atoms with E-state index in [4.69, 9.17) is 22.7 Å². The fourth-order valence-electron chi connectivity index (χ4n) is 1.28. The van der Waals surface area contributed by atoms with Crippen molar-refractivity contribution in [2.24, 2.45) is 0 Å². The van der Waals surface area contributed by atoms with Gasteiger partial charge in [0, 0.05) is 11.6 Å². The molecule has 0 amide bonds. The molecule has 0 radical (unpaired) electrons. The number of aromatic nitrogens is 2. The Kier molecular flexibility index (Phi) is 3.24. The quantitative estimate of drug-likeness (QED) is 0.566. The van der Waals surface area contributed by atoms with Crippen molar-refractivity contribution in [3.8, 4) is 0 Å². The highest BCUT2D eigenvalue weighted by molar-refractivity contribution is 6.31. The smallest absolute Gasteiger partial charge is 0.199 e. The van der Waals surface area contributed by atoms with Crippen LogP contribution in [0.2, 0.25) is 5.02 Å². The van der Waals surface area contributed by atoms with Crippen molar-refractivity contribution in [3.05, 3.63) is 40.5 Å². The van der Waals surface area contributed by atoms with Gasteiger partial charge in [0.1, 0.15) is 0 Å². The van der Waals surface area contributed by atoms with Crippen LogP contribution in [0.3, 0.4) is 0 Å². The van der Waals surface area contributed by atoms with Crippen LogP contribution in [0.4, 0.5) is 5.82 Å². The monoisotopic (exact) mass is 251 g/mol. The molecular weight excluding hydrogens is 242 g/mol. The molecule has 0 aliphatic rings. The van der Waals surface area contributed by atoms with Gasteiger partial charge in [-0.25, -0.2) is 4.63 Å². The number of benzene rings is 1. The number of hydrogen-bond donors (Lipinski definition) is 3. The maximum absolute atomic E-state index is 7.71. The van der Waals surface area contributed by atoms with Crippen molar-refractivity contribution in [1.82, 2.24) is 15.6 Å². The van der Waals surface area contributed by atoms with Crippen LogP contribution in [-0.4, -0.2) is 16.1 Å². The van der Waals surface area contributed by atoms with E-state index in [9.17, 15) is 0 Å². The summed E-state index contributed by atoms with van der Waals surface area (Å²) in [7, 11) is 0. The third kappa shape index (κ3) is 2.54. The molecule has 0 aliphatic heterocycles. The Morgan fingerprint density at radius 3 is 2.82 bits per heavy atom. The van der Waals surface area contributed by atoms with Crippen molar-refractivity contribution in [2.45, 2.75) is 6.54 Å². The summed E-state index contributed by atoms with van der Waals surface area (Å²) >= 11 is 5.98. The second-order valence-corrected chi connectivity index (χ2v) is 3.73. The largest absolute Gasteiger partial charge is 0.379 e. The third-order valence-corrected chi connectivity index (χ3v) is 2.53. The Labute approximate surface area is 102 Å². The SMILES string of the molecule is N=C(NCc1ccccc1Cl)c1nonc1N. The summed E-state index contributed by atoms with van der Waals surface area (Å²) in [5.74, 6) is 0.130. The van der Waals surface area contributed by atoms with E-state index in [0.717, 1.165) is 5.56 Å². The van der Waals surface area contributed by atoms with Gasteiger partial charge in [0.25, 0.3) is 0 Å². The van der Waals surface area contributed by atoms with E-state index in [-0.39, 0.29) is 17.3 Å². The standard InChI is InChI=1S/C10H10ClN5O/c11-7-4-2-1-3-6(7)5-14-9(12)8-10(13)16-17-15-8/h1-4H,5H2,(H2,12,14)(H2,13,16). The van der Waals surface area contributed by atoms with Gasteiger partial charge < -0.3 is 11.1 Å². The first kappa shape index (κ1) is 11.4. The first-order valence-corrected chi connectivity index (χ1v) is 5.20. The van der Waals surface area contributed by atoms with Gasteiger partial charge in [0.2, 0.25) is 0 Å². The third-order valence-electron chi connectivity index (χ3n) is 2.16. The number of halogens is 1. The minimum absolute atomic E-state index is 0.0451. The van der Waals surface area contributed by atoms with E-state index >= 15 is 0 Å². The van der Waals surface area contributed by atoms with Crippen molar-refractivity contribution in [1.29, 1.82) is 5.41 Å². The summed E-state index contributed by atoms with van der Waals surface area (Å²) in [6.45, 7) is 0.408. The number of nitrogens with two attached hydrogens (primary N) is 1. The molecular formula is C10H10ClN5O. The van der Waals surface area contributed by atoms with E-state index in [1.54, 1.807) is 6.07 Å². The molecule has 0 spiro atoms. The molecule has 0 unspecified atom stereocenters. The van der Waals surface area contributed by atoms with Crippen LogP contribution in [-0.2, 0) is 6.54 Å². The topological polar surface area (TPSA) is 101 Å². The molecule has 0 saturated heterocycles. The Hall–Kier alpha value is -2.08. The maximum Gasteiger partial charge on any atom is 0.199 e. The summed E-state index contributed by atoms with van der Waals surface area (Å²) in [4.78, 5) is 0. The van der Waals surface area contributed by atoms with Crippen LogP contribution in [0, 0.1) is 5.41 Å². The Balaban J connectivity index is 2.02. The summed E-state index contributed by atoms with van der Waals surface area (Å²) < 4.78 is 4.41. The molecule has 7 heteroatoms. The number of rotatable bonds is 3. The van der Waals surface area contributed by atoms with Gasteiger partial charge in [-0.05, 0) is 21.9 Å². The molecule has 0 saturated carbocycles. The lowest BCUT2D eigenvalue weighted by atomic mass is 10.2. The highest BCUT2D eigenvalue weighted by Crippen LogP contribution is 2.14. The van der Waals surface area contributed by atoms with Crippen LogP contribution in [0.25, 0.3) is 0 Å². The van der Waals surface area contributed by atoms with Crippen molar-refractivity contribution < 1.29 is 4.63 Å². The molecule has 1 heterocycles. The number of nitrogens with one attached hydrogen (secondary N) is 2. The van der Waals surface area contributed by atoms with Crippen molar-refractivity contribution in [2.75, 3.05) is 5.73 Å². The van der Waals surface area contributed by atoms with Crippen LogP contribution >= 0.6 is 11.6 Å². The Morgan fingerprint density at radius 2 is 2.18 bits per heavy atom. The lowest BCUT2D eigenvalue weighted by Gasteiger charge is -2.06. The number of nitrogen functional groups attached to an aromatic ring is 1. The fraction of sp³-hybridized carbons (Fsp3) is 0.100. The minimum atomic E-state index is 0.0451. The Morgan fingerprint density at radius 1 is 1.41 bits per heavy atom. The zero-order chi connectivity index (χ0) is 12.3. The second-order valence-electron chi connectivity index (χ2n) is 3.32.